The molecule has 0 N–H and O–H groups in total. The van der Waals surface area contributed by atoms with E-state index in [0.717, 1.165) is 19.6 Å². The third kappa shape index (κ3) is 3.25. The summed E-state index contributed by atoms with van der Waals surface area (Å²) in [6.07, 6.45) is 1.82. The zero-order valence-electron chi connectivity index (χ0n) is 9.12. The SMILES string of the molecule is CO[C@@H]1C[C@@H](COC(C)C)N(C)C1. The van der Waals surface area contributed by atoms with E-state index in [1.165, 1.54) is 0 Å². The molecular formula is C10H21NO2. The lowest BCUT2D eigenvalue weighted by molar-refractivity contribution is 0.0425. The molecule has 0 radical (unpaired) electrons. The predicted molar refractivity (Wildman–Crippen MR) is 52.9 cm³/mol. The monoisotopic (exact) mass is 187 g/mol. The molecule has 1 aliphatic rings. The van der Waals surface area contributed by atoms with Crippen LogP contribution in [0.25, 0.3) is 0 Å². The highest BCUT2D eigenvalue weighted by molar-refractivity contribution is 4.83. The lowest BCUT2D eigenvalue weighted by Crippen LogP contribution is -2.30. The summed E-state index contributed by atoms with van der Waals surface area (Å²) in [5, 5.41) is 0. The number of methoxy groups -OCH3 is 1. The Labute approximate surface area is 81.0 Å². The lowest BCUT2D eigenvalue weighted by atomic mass is 10.2. The van der Waals surface area contributed by atoms with E-state index in [1.807, 2.05) is 0 Å². The molecule has 2 atom stereocenters. The molecule has 0 unspecified atom stereocenters. The summed E-state index contributed by atoms with van der Waals surface area (Å²) in [4.78, 5) is 2.32. The molecule has 3 heteroatoms. The van der Waals surface area contributed by atoms with Gasteiger partial charge in [-0.05, 0) is 27.3 Å². The first-order valence-corrected chi connectivity index (χ1v) is 4.98. The highest BCUT2D eigenvalue weighted by Gasteiger charge is 2.29. The van der Waals surface area contributed by atoms with Crippen molar-refractivity contribution >= 4 is 0 Å². The molecule has 0 amide bonds. The first-order valence-electron chi connectivity index (χ1n) is 4.98. The molecule has 3 nitrogen and oxygen atoms in total. The van der Waals surface area contributed by atoms with E-state index in [4.69, 9.17) is 9.47 Å². The molecule has 1 saturated heterocycles. The zero-order chi connectivity index (χ0) is 9.84. The second kappa shape index (κ2) is 4.94. The van der Waals surface area contributed by atoms with E-state index >= 15 is 0 Å². The third-order valence-electron chi connectivity index (χ3n) is 2.61. The molecule has 1 heterocycles. The summed E-state index contributed by atoms with van der Waals surface area (Å²) < 4.78 is 10.9. The third-order valence-corrected chi connectivity index (χ3v) is 2.61. The predicted octanol–water partition coefficient (Wildman–Crippen LogP) is 1.13. The maximum Gasteiger partial charge on any atom is 0.0714 e. The van der Waals surface area contributed by atoms with E-state index in [-0.39, 0.29) is 0 Å². The summed E-state index contributed by atoms with van der Waals surface area (Å²) in [6.45, 7) is 6.00. The van der Waals surface area contributed by atoms with Crippen molar-refractivity contribution in [1.29, 1.82) is 0 Å². The highest BCUT2D eigenvalue weighted by atomic mass is 16.5. The van der Waals surface area contributed by atoms with Gasteiger partial charge < -0.3 is 9.47 Å². The van der Waals surface area contributed by atoms with E-state index in [1.54, 1.807) is 7.11 Å². The Balaban J connectivity index is 2.26. The molecule has 0 bridgehead atoms. The molecule has 78 valence electrons. The smallest absolute Gasteiger partial charge is 0.0714 e. The van der Waals surface area contributed by atoms with Gasteiger partial charge in [0, 0.05) is 19.7 Å². The van der Waals surface area contributed by atoms with Gasteiger partial charge in [0.05, 0.1) is 18.8 Å². The number of ether oxygens (including phenoxy) is 2. The van der Waals surface area contributed by atoms with Crippen LogP contribution < -0.4 is 0 Å². The molecule has 0 saturated carbocycles. The summed E-state index contributed by atoms with van der Waals surface area (Å²) in [5.41, 5.74) is 0. The number of likely N-dealkylation sites (N-methyl/N-ethyl adjacent to an activating group) is 1. The van der Waals surface area contributed by atoms with Crippen LogP contribution in [-0.4, -0.2) is 50.5 Å². The van der Waals surface area contributed by atoms with Crippen LogP contribution in [-0.2, 0) is 9.47 Å². The molecular weight excluding hydrogens is 166 g/mol. The number of likely N-dealkylation sites (tertiary alicyclic amines) is 1. The molecule has 0 aromatic heterocycles. The van der Waals surface area contributed by atoms with Crippen molar-refractivity contribution in [1.82, 2.24) is 4.90 Å². The molecule has 1 fully saturated rings. The summed E-state index contributed by atoms with van der Waals surface area (Å²) in [6, 6.07) is 0.535. The molecule has 1 rings (SSSR count). The molecule has 0 aromatic rings. The van der Waals surface area contributed by atoms with Gasteiger partial charge in [0.2, 0.25) is 0 Å². The first kappa shape index (κ1) is 11.0. The van der Waals surface area contributed by atoms with Crippen LogP contribution in [0.1, 0.15) is 20.3 Å². The Bertz CT molecular complexity index is 150. The zero-order valence-corrected chi connectivity index (χ0v) is 9.12. The van der Waals surface area contributed by atoms with Gasteiger partial charge in [-0.15, -0.1) is 0 Å². The standard InChI is InChI=1S/C10H21NO2/c1-8(2)13-7-9-5-10(12-4)6-11(9)3/h8-10H,5-7H2,1-4H3/t9-,10+/m0/s1. The van der Waals surface area contributed by atoms with Gasteiger partial charge in [0.15, 0.2) is 0 Å². The van der Waals surface area contributed by atoms with Gasteiger partial charge >= 0.3 is 0 Å². The Morgan fingerprint density at radius 1 is 1.46 bits per heavy atom. The molecule has 0 spiro atoms. The Kier molecular flexibility index (Phi) is 4.16. The Hall–Kier alpha value is -0.120. The van der Waals surface area contributed by atoms with Crippen LogP contribution in [0.4, 0.5) is 0 Å². The lowest BCUT2D eigenvalue weighted by Gasteiger charge is -2.19. The number of rotatable bonds is 4. The van der Waals surface area contributed by atoms with E-state index in [2.05, 4.69) is 25.8 Å². The van der Waals surface area contributed by atoms with Crippen LogP contribution >= 0.6 is 0 Å². The van der Waals surface area contributed by atoms with Crippen LogP contribution in [0, 0.1) is 0 Å². The quantitative estimate of drug-likeness (QED) is 0.658. The Morgan fingerprint density at radius 2 is 2.15 bits per heavy atom. The van der Waals surface area contributed by atoms with Crippen LogP contribution in [0.3, 0.4) is 0 Å². The van der Waals surface area contributed by atoms with Crippen LogP contribution in [0.5, 0.6) is 0 Å². The minimum absolute atomic E-state index is 0.329. The topological polar surface area (TPSA) is 21.7 Å². The van der Waals surface area contributed by atoms with Crippen molar-refractivity contribution in [2.45, 2.75) is 38.5 Å². The van der Waals surface area contributed by atoms with Gasteiger partial charge in [-0.3, -0.25) is 4.90 Å². The van der Waals surface area contributed by atoms with Crippen molar-refractivity contribution in [2.24, 2.45) is 0 Å². The van der Waals surface area contributed by atoms with Crippen LogP contribution in [0.15, 0.2) is 0 Å². The molecule has 0 aromatic carbocycles. The normalized spacial score (nSPS) is 30.2. The second-order valence-electron chi connectivity index (χ2n) is 4.07. The summed E-state index contributed by atoms with van der Waals surface area (Å²) in [5.74, 6) is 0. The van der Waals surface area contributed by atoms with Crippen molar-refractivity contribution in [2.75, 3.05) is 27.3 Å². The summed E-state index contributed by atoms with van der Waals surface area (Å²) >= 11 is 0. The molecule has 13 heavy (non-hydrogen) atoms. The largest absolute Gasteiger partial charge is 0.380 e. The fourth-order valence-corrected chi connectivity index (χ4v) is 1.70. The average molecular weight is 187 g/mol. The fraction of sp³-hybridized carbons (Fsp3) is 1.00. The van der Waals surface area contributed by atoms with E-state index < -0.39 is 0 Å². The number of nitrogens with zero attached hydrogens (tertiary/aromatic N) is 1. The first-order chi connectivity index (χ1) is 6.13. The maximum atomic E-state index is 5.59. The second-order valence-corrected chi connectivity index (χ2v) is 4.07. The van der Waals surface area contributed by atoms with Crippen molar-refractivity contribution in [3.8, 4) is 0 Å². The van der Waals surface area contributed by atoms with Crippen molar-refractivity contribution in [3.63, 3.8) is 0 Å². The fourth-order valence-electron chi connectivity index (χ4n) is 1.70. The van der Waals surface area contributed by atoms with Crippen molar-refractivity contribution in [3.05, 3.63) is 0 Å². The van der Waals surface area contributed by atoms with Gasteiger partial charge in [0.1, 0.15) is 0 Å². The number of hydrogen-bond acceptors (Lipinski definition) is 3. The Morgan fingerprint density at radius 3 is 2.62 bits per heavy atom. The summed E-state index contributed by atoms with van der Waals surface area (Å²) in [7, 11) is 3.91. The number of hydrogen-bond donors (Lipinski definition) is 0. The minimum atomic E-state index is 0.329. The molecule has 1 aliphatic heterocycles. The average Bonchev–Trinajstić information content (AvgIpc) is 2.43. The van der Waals surface area contributed by atoms with Gasteiger partial charge in [0.25, 0.3) is 0 Å². The van der Waals surface area contributed by atoms with Crippen LogP contribution in [0.2, 0.25) is 0 Å². The van der Waals surface area contributed by atoms with E-state index in [0.29, 0.717) is 18.2 Å². The maximum absolute atomic E-state index is 5.59. The van der Waals surface area contributed by atoms with Gasteiger partial charge in [-0.25, -0.2) is 0 Å². The van der Waals surface area contributed by atoms with Gasteiger partial charge in [-0.1, -0.05) is 0 Å². The highest BCUT2D eigenvalue weighted by Crippen LogP contribution is 2.18. The van der Waals surface area contributed by atoms with E-state index in [9.17, 15) is 0 Å². The minimum Gasteiger partial charge on any atom is -0.380 e. The van der Waals surface area contributed by atoms with Gasteiger partial charge in [-0.2, -0.15) is 0 Å². The molecule has 0 aliphatic carbocycles. The van der Waals surface area contributed by atoms with Crippen molar-refractivity contribution < 1.29 is 9.47 Å².